The summed E-state index contributed by atoms with van der Waals surface area (Å²) in [5.74, 6) is 0.0636. The molecule has 1 aromatic carbocycles. The van der Waals surface area contributed by atoms with E-state index in [9.17, 15) is 4.79 Å². The summed E-state index contributed by atoms with van der Waals surface area (Å²) in [4.78, 5) is 13.5. The fraction of sp³-hybridized carbons (Fsp3) is 0.588. The van der Waals surface area contributed by atoms with E-state index >= 15 is 0 Å². The van der Waals surface area contributed by atoms with Crippen LogP contribution in [-0.4, -0.2) is 17.2 Å². The van der Waals surface area contributed by atoms with E-state index in [0.717, 1.165) is 30.2 Å². The monoisotopic (exact) mass is 340 g/mol. The van der Waals surface area contributed by atoms with Crippen LogP contribution in [0.5, 0.6) is 0 Å². The summed E-state index contributed by atoms with van der Waals surface area (Å²) in [5.41, 5.74) is 6.87. The minimum absolute atomic E-state index is 0. The summed E-state index contributed by atoms with van der Waals surface area (Å²) < 4.78 is 0. The predicted octanol–water partition coefficient (Wildman–Crippen LogP) is 4.21. The van der Waals surface area contributed by atoms with Gasteiger partial charge in [-0.2, -0.15) is 0 Å². The van der Waals surface area contributed by atoms with Gasteiger partial charge in [-0.1, -0.05) is 19.3 Å². The minimum atomic E-state index is -0.0162. The molecule has 0 aromatic heterocycles. The van der Waals surface area contributed by atoms with Crippen molar-refractivity contribution in [2.24, 2.45) is 11.7 Å². The molecule has 3 N–H and O–H groups in total. The lowest BCUT2D eigenvalue weighted by molar-refractivity contribution is -0.120. The zero-order valence-corrected chi connectivity index (χ0v) is 14.4. The number of benzene rings is 1. The number of amides is 1. The van der Waals surface area contributed by atoms with Crippen molar-refractivity contribution in [3.05, 3.63) is 24.3 Å². The van der Waals surface area contributed by atoms with Gasteiger partial charge in [-0.15, -0.1) is 24.2 Å². The Hall–Kier alpha value is -0.710. The van der Waals surface area contributed by atoms with Gasteiger partial charge in [0.05, 0.1) is 5.92 Å². The molecule has 22 heavy (non-hydrogen) atoms. The van der Waals surface area contributed by atoms with Gasteiger partial charge in [0.1, 0.15) is 0 Å². The van der Waals surface area contributed by atoms with E-state index in [4.69, 9.17) is 5.73 Å². The average Bonchev–Trinajstić information content (AvgIpc) is 3.12. The van der Waals surface area contributed by atoms with Gasteiger partial charge in [0.2, 0.25) is 5.91 Å². The van der Waals surface area contributed by atoms with Crippen molar-refractivity contribution in [3.63, 3.8) is 0 Å². The highest BCUT2D eigenvalue weighted by Gasteiger charge is 2.30. The Kier molecular flexibility index (Phi) is 6.60. The Balaban J connectivity index is 0.00000176. The number of halogens is 1. The van der Waals surface area contributed by atoms with Gasteiger partial charge in [0.15, 0.2) is 0 Å². The molecule has 0 heterocycles. The molecule has 0 radical (unpaired) electrons. The smallest absolute Gasteiger partial charge is 0.229 e. The number of carbonyl (C=O) groups is 1. The second-order valence-corrected chi connectivity index (χ2v) is 7.61. The molecule has 2 aliphatic carbocycles. The van der Waals surface area contributed by atoms with Crippen molar-refractivity contribution in [1.29, 1.82) is 0 Å². The van der Waals surface area contributed by atoms with E-state index in [1.165, 1.54) is 30.6 Å². The highest BCUT2D eigenvalue weighted by Crippen LogP contribution is 2.35. The number of anilines is 1. The molecule has 0 aliphatic heterocycles. The normalized spacial score (nSPS) is 25.0. The largest absolute Gasteiger partial charge is 0.327 e. The molecule has 3 nitrogen and oxygen atoms in total. The third-order valence-electron chi connectivity index (χ3n) is 4.63. The zero-order valence-electron chi connectivity index (χ0n) is 12.8. The SMILES string of the molecule is Cl.NC1CCCC1C(=O)Nc1ccc(SC2CCCC2)cc1. The van der Waals surface area contributed by atoms with Crippen LogP contribution in [0.3, 0.4) is 0 Å². The van der Waals surface area contributed by atoms with Gasteiger partial charge in [0.25, 0.3) is 0 Å². The maximum absolute atomic E-state index is 12.2. The molecule has 2 saturated carbocycles. The Bertz CT molecular complexity index is 488. The Morgan fingerprint density at radius 2 is 1.73 bits per heavy atom. The number of rotatable bonds is 4. The molecule has 0 bridgehead atoms. The van der Waals surface area contributed by atoms with Crippen LogP contribution in [0.15, 0.2) is 29.2 Å². The molecule has 2 fully saturated rings. The first kappa shape index (κ1) is 17.6. The molecule has 2 unspecified atom stereocenters. The van der Waals surface area contributed by atoms with Crippen molar-refractivity contribution in [2.45, 2.75) is 61.1 Å². The molecule has 1 amide bonds. The number of nitrogens with one attached hydrogen (secondary N) is 1. The van der Waals surface area contributed by atoms with E-state index < -0.39 is 0 Å². The number of hydrogen-bond acceptors (Lipinski definition) is 3. The standard InChI is InChI=1S/C17H24N2OS.ClH/c18-16-7-3-6-15(16)17(20)19-12-8-10-14(11-9-12)21-13-4-1-2-5-13;/h8-11,13,15-16H,1-7,18H2,(H,19,20);1H. The van der Waals surface area contributed by atoms with E-state index in [1.54, 1.807) is 0 Å². The summed E-state index contributed by atoms with van der Waals surface area (Å²) >= 11 is 1.97. The van der Waals surface area contributed by atoms with Crippen LogP contribution in [0.4, 0.5) is 5.69 Å². The van der Waals surface area contributed by atoms with Crippen LogP contribution in [-0.2, 0) is 4.79 Å². The minimum Gasteiger partial charge on any atom is -0.327 e. The third-order valence-corrected chi connectivity index (χ3v) is 5.98. The molecule has 0 spiro atoms. The second kappa shape index (κ2) is 8.23. The second-order valence-electron chi connectivity index (χ2n) is 6.24. The van der Waals surface area contributed by atoms with Crippen LogP contribution in [0.25, 0.3) is 0 Å². The van der Waals surface area contributed by atoms with Crippen molar-refractivity contribution in [2.75, 3.05) is 5.32 Å². The molecule has 3 rings (SSSR count). The van der Waals surface area contributed by atoms with Crippen LogP contribution < -0.4 is 11.1 Å². The van der Waals surface area contributed by atoms with Crippen LogP contribution in [0.2, 0.25) is 0 Å². The van der Waals surface area contributed by atoms with Gasteiger partial charge in [0, 0.05) is 21.9 Å². The number of hydrogen-bond donors (Lipinski definition) is 2. The molecular weight excluding hydrogens is 316 g/mol. The van der Waals surface area contributed by atoms with Gasteiger partial charge in [-0.05, 0) is 49.9 Å². The summed E-state index contributed by atoms with van der Waals surface area (Å²) in [6, 6.07) is 8.29. The molecule has 122 valence electrons. The first-order chi connectivity index (χ1) is 10.2. The van der Waals surface area contributed by atoms with Crippen LogP contribution >= 0.6 is 24.2 Å². The van der Waals surface area contributed by atoms with Crippen molar-refractivity contribution < 1.29 is 4.79 Å². The highest BCUT2D eigenvalue weighted by atomic mass is 35.5. The maximum Gasteiger partial charge on any atom is 0.229 e. The molecule has 2 atom stereocenters. The van der Waals surface area contributed by atoms with Crippen LogP contribution in [0.1, 0.15) is 44.9 Å². The summed E-state index contributed by atoms with van der Waals surface area (Å²) in [5, 5.41) is 3.79. The van der Waals surface area contributed by atoms with E-state index in [1.807, 2.05) is 23.9 Å². The fourth-order valence-electron chi connectivity index (χ4n) is 3.36. The van der Waals surface area contributed by atoms with Gasteiger partial charge < -0.3 is 11.1 Å². The lowest BCUT2D eigenvalue weighted by Crippen LogP contribution is -2.34. The van der Waals surface area contributed by atoms with Gasteiger partial charge in [-0.25, -0.2) is 0 Å². The molecule has 0 saturated heterocycles. The number of thioether (sulfide) groups is 1. The first-order valence-electron chi connectivity index (χ1n) is 8.05. The Morgan fingerprint density at radius 1 is 1.05 bits per heavy atom. The predicted molar refractivity (Wildman–Crippen MR) is 95.7 cm³/mol. The van der Waals surface area contributed by atoms with E-state index in [2.05, 4.69) is 17.4 Å². The molecule has 1 aromatic rings. The Labute approximate surface area is 143 Å². The summed E-state index contributed by atoms with van der Waals surface area (Å²) in [7, 11) is 0. The molecule has 5 heteroatoms. The van der Waals surface area contributed by atoms with Gasteiger partial charge >= 0.3 is 0 Å². The zero-order chi connectivity index (χ0) is 14.7. The summed E-state index contributed by atoms with van der Waals surface area (Å²) in [6.45, 7) is 0. The van der Waals surface area contributed by atoms with Crippen molar-refractivity contribution in [3.8, 4) is 0 Å². The fourth-order valence-corrected chi connectivity index (χ4v) is 4.61. The van der Waals surface area contributed by atoms with Gasteiger partial charge in [-0.3, -0.25) is 4.79 Å². The Morgan fingerprint density at radius 3 is 2.32 bits per heavy atom. The topological polar surface area (TPSA) is 55.1 Å². The molecular formula is C17H25ClN2OS. The summed E-state index contributed by atoms with van der Waals surface area (Å²) in [6.07, 6.45) is 8.36. The lowest BCUT2D eigenvalue weighted by Gasteiger charge is -2.15. The van der Waals surface area contributed by atoms with Crippen molar-refractivity contribution >= 4 is 35.8 Å². The lowest BCUT2D eigenvalue weighted by atomic mass is 10.0. The number of nitrogens with two attached hydrogens (primary N) is 1. The quantitative estimate of drug-likeness (QED) is 0.863. The first-order valence-corrected chi connectivity index (χ1v) is 8.93. The maximum atomic E-state index is 12.2. The molecule has 2 aliphatic rings. The third kappa shape index (κ3) is 4.40. The van der Waals surface area contributed by atoms with E-state index in [0.29, 0.717) is 0 Å². The average molecular weight is 341 g/mol. The van der Waals surface area contributed by atoms with Crippen molar-refractivity contribution in [1.82, 2.24) is 0 Å². The number of carbonyl (C=O) groups excluding carboxylic acids is 1. The van der Waals surface area contributed by atoms with Crippen LogP contribution in [0, 0.1) is 5.92 Å². The van der Waals surface area contributed by atoms with E-state index in [-0.39, 0.29) is 30.3 Å². The highest BCUT2D eigenvalue weighted by molar-refractivity contribution is 8.00.